The highest BCUT2D eigenvalue weighted by molar-refractivity contribution is 6.50. The smallest absolute Gasteiger partial charge is 0.418 e. The summed E-state index contributed by atoms with van der Waals surface area (Å²) in [6, 6.07) is 0. The van der Waals surface area contributed by atoms with Crippen molar-refractivity contribution >= 4 is 7.25 Å². The number of rotatable bonds is 16. The first-order valence-corrected chi connectivity index (χ1v) is 11.2. The number of quaternary nitrogens is 1. The Hall–Kier alpha value is -0.255. The van der Waals surface area contributed by atoms with Gasteiger partial charge >= 0.3 is 7.25 Å². The van der Waals surface area contributed by atoms with Crippen LogP contribution in [0.3, 0.4) is 0 Å². The van der Waals surface area contributed by atoms with Gasteiger partial charge < -0.3 is 23.0 Å². The summed E-state index contributed by atoms with van der Waals surface area (Å²) in [6.45, 7) is 8.19. The average molecular weight is 399 g/mol. The van der Waals surface area contributed by atoms with E-state index in [1.807, 2.05) is 0 Å². The molecule has 0 atom stereocenters. The molecule has 0 heterocycles. The summed E-state index contributed by atoms with van der Waals surface area (Å²) >= 11 is 0. The molecule has 0 rings (SSSR count). The van der Waals surface area contributed by atoms with E-state index in [1.54, 1.807) is 0 Å². The number of hydrogen-bond donors (Lipinski definition) is 1. The fraction of sp³-hybridized carbons (Fsp3) is 1.00. The van der Waals surface area contributed by atoms with Gasteiger partial charge in [0.15, 0.2) is 0 Å². The second kappa shape index (κ2) is 19.1. The van der Waals surface area contributed by atoms with Crippen LogP contribution in [0.15, 0.2) is 0 Å². The molecular formula is C21H46BF4N. The number of unbranched alkanes of at least 4 members (excludes halogenated alkanes) is 14. The van der Waals surface area contributed by atoms with Gasteiger partial charge in [0.25, 0.3) is 0 Å². The van der Waals surface area contributed by atoms with Gasteiger partial charge in [0.05, 0.1) is 6.54 Å². The van der Waals surface area contributed by atoms with Gasteiger partial charge in [-0.05, 0) is 24.7 Å². The van der Waals surface area contributed by atoms with Crippen LogP contribution >= 0.6 is 0 Å². The Morgan fingerprint density at radius 3 is 0.963 bits per heavy atom. The van der Waals surface area contributed by atoms with Crippen molar-refractivity contribution in [2.24, 2.45) is 5.41 Å². The Kier molecular flexibility index (Phi) is 20.5. The van der Waals surface area contributed by atoms with Gasteiger partial charge in [0.1, 0.15) is 0 Å². The lowest BCUT2D eigenvalue weighted by atomic mass is 9.89. The Bertz CT molecular complexity index is 285. The third kappa shape index (κ3) is 41.3. The minimum Gasteiger partial charge on any atom is -0.418 e. The molecular weight excluding hydrogens is 353 g/mol. The zero-order valence-corrected chi connectivity index (χ0v) is 18.3. The van der Waals surface area contributed by atoms with Crippen molar-refractivity contribution in [3.63, 3.8) is 0 Å². The normalized spacial score (nSPS) is 12.0. The van der Waals surface area contributed by atoms with E-state index in [0.29, 0.717) is 5.41 Å². The van der Waals surface area contributed by atoms with E-state index in [2.05, 4.69) is 26.5 Å². The molecule has 0 unspecified atom stereocenters. The summed E-state index contributed by atoms with van der Waals surface area (Å²) in [5.74, 6) is 0. The lowest BCUT2D eigenvalue weighted by molar-refractivity contribution is -0.368. The predicted octanol–water partition coefficient (Wildman–Crippen LogP) is 7.82. The second-order valence-electron chi connectivity index (χ2n) is 8.96. The van der Waals surface area contributed by atoms with Gasteiger partial charge in [-0.2, -0.15) is 0 Å². The Balaban J connectivity index is 0. The molecule has 0 saturated heterocycles. The molecule has 0 aromatic heterocycles. The van der Waals surface area contributed by atoms with Crippen molar-refractivity contribution in [2.45, 2.75) is 124 Å². The Morgan fingerprint density at radius 2 is 0.741 bits per heavy atom. The molecule has 0 spiro atoms. The third-order valence-corrected chi connectivity index (χ3v) is 4.68. The average Bonchev–Trinajstić information content (AvgIpc) is 2.52. The minimum atomic E-state index is -6.00. The molecule has 27 heavy (non-hydrogen) atoms. The van der Waals surface area contributed by atoms with Gasteiger partial charge in [0.2, 0.25) is 0 Å². The number of hydrogen-bond acceptors (Lipinski definition) is 0. The van der Waals surface area contributed by atoms with Crippen molar-refractivity contribution in [1.29, 1.82) is 0 Å². The molecule has 166 valence electrons. The molecule has 1 nitrogen and oxygen atoms in total. The Morgan fingerprint density at radius 1 is 0.519 bits per heavy atom. The van der Waals surface area contributed by atoms with Crippen LogP contribution in [-0.4, -0.2) is 13.8 Å². The SMILES string of the molecule is CC(C)(C)CCCCCCCCCCCCCCCCC[NH3+].F[B-](F)(F)F. The lowest BCUT2D eigenvalue weighted by Gasteiger charge is -2.17. The third-order valence-electron chi connectivity index (χ3n) is 4.68. The largest absolute Gasteiger partial charge is 0.673 e. The molecule has 0 aromatic carbocycles. The van der Waals surface area contributed by atoms with Crippen LogP contribution in [0.25, 0.3) is 0 Å². The van der Waals surface area contributed by atoms with Crippen molar-refractivity contribution in [3.8, 4) is 0 Å². The van der Waals surface area contributed by atoms with E-state index in [-0.39, 0.29) is 0 Å². The van der Waals surface area contributed by atoms with Crippen LogP contribution in [-0.2, 0) is 0 Å². The highest BCUT2D eigenvalue weighted by atomic mass is 19.5. The monoisotopic (exact) mass is 399 g/mol. The molecule has 0 bridgehead atoms. The molecule has 0 aliphatic heterocycles. The molecule has 3 N–H and O–H groups in total. The van der Waals surface area contributed by atoms with E-state index in [1.165, 1.54) is 103 Å². The molecule has 0 fully saturated rings. The van der Waals surface area contributed by atoms with Gasteiger partial charge in [-0.3, -0.25) is 0 Å². The van der Waals surface area contributed by atoms with E-state index in [0.717, 1.165) is 6.54 Å². The quantitative estimate of drug-likeness (QED) is 0.156. The van der Waals surface area contributed by atoms with E-state index < -0.39 is 7.25 Å². The Labute approximate surface area is 166 Å². The molecule has 0 aliphatic carbocycles. The summed E-state index contributed by atoms with van der Waals surface area (Å²) in [5, 5.41) is 0. The second-order valence-corrected chi connectivity index (χ2v) is 8.96. The molecule has 0 radical (unpaired) electrons. The molecule has 0 aliphatic rings. The van der Waals surface area contributed by atoms with Crippen LogP contribution in [0.2, 0.25) is 0 Å². The maximum Gasteiger partial charge on any atom is 0.673 e. The van der Waals surface area contributed by atoms with Crippen LogP contribution < -0.4 is 5.73 Å². The summed E-state index contributed by atoms with van der Waals surface area (Å²) in [7, 11) is -6.00. The van der Waals surface area contributed by atoms with Gasteiger partial charge in [0, 0.05) is 0 Å². The first-order chi connectivity index (χ1) is 12.6. The van der Waals surface area contributed by atoms with Crippen LogP contribution in [0.1, 0.15) is 124 Å². The summed E-state index contributed by atoms with van der Waals surface area (Å²) in [6.07, 6.45) is 23.1. The highest BCUT2D eigenvalue weighted by Gasteiger charge is 2.20. The zero-order chi connectivity index (χ0) is 21.0. The van der Waals surface area contributed by atoms with E-state index >= 15 is 0 Å². The minimum absolute atomic E-state index is 0.535. The van der Waals surface area contributed by atoms with Gasteiger partial charge in [-0.1, -0.05) is 104 Å². The first kappa shape index (κ1) is 29.0. The summed E-state index contributed by atoms with van der Waals surface area (Å²) < 4.78 is 39.0. The maximum atomic E-state index is 9.75. The van der Waals surface area contributed by atoms with Crippen LogP contribution in [0.4, 0.5) is 17.3 Å². The van der Waals surface area contributed by atoms with Crippen LogP contribution in [0.5, 0.6) is 0 Å². The van der Waals surface area contributed by atoms with Gasteiger partial charge in [-0.25, -0.2) is 0 Å². The highest BCUT2D eigenvalue weighted by Crippen LogP contribution is 2.22. The van der Waals surface area contributed by atoms with Crippen molar-refractivity contribution < 1.29 is 23.0 Å². The van der Waals surface area contributed by atoms with E-state index in [4.69, 9.17) is 0 Å². The topological polar surface area (TPSA) is 27.6 Å². The van der Waals surface area contributed by atoms with Crippen molar-refractivity contribution in [3.05, 3.63) is 0 Å². The van der Waals surface area contributed by atoms with Crippen molar-refractivity contribution in [2.75, 3.05) is 6.54 Å². The zero-order valence-electron chi connectivity index (χ0n) is 18.3. The number of halogens is 4. The van der Waals surface area contributed by atoms with E-state index in [9.17, 15) is 17.3 Å². The fourth-order valence-electron chi connectivity index (χ4n) is 3.13. The molecule has 0 saturated carbocycles. The summed E-state index contributed by atoms with van der Waals surface area (Å²) in [5.41, 5.74) is 4.43. The summed E-state index contributed by atoms with van der Waals surface area (Å²) in [4.78, 5) is 0. The van der Waals surface area contributed by atoms with Crippen molar-refractivity contribution in [1.82, 2.24) is 0 Å². The predicted molar refractivity (Wildman–Crippen MR) is 111 cm³/mol. The molecule has 0 amide bonds. The standard InChI is InChI=1S/C21H45N.BF4/c1-21(2,3)19-17-15-13-11-9-7-5-4-6-8-10-12-14-16-18-20-22;2-1(3,4)5/h4-20,22H2,1-3H3;/q;-1/p+1. The first-order valence-electron chi connectivity index (χ1n) is 11.2. The molecule has 0 aromatic rings. The lowest BCUT2D eigenvalue weighted by Crippen LogP contribution is -2.50. The van der Waals surface area contributed by atoms with Gasteiger partial charge in [-0.15, -0.1) is 0 Å². The molecule has 6 heteroatoms. The maximum absolute atomic E-state index is 9.75. The van der Waals surface area contributed by atoms with Crippen LogP contribution in [0, 0.1) is 5.41 Å². The fourth-order valence-corrected chi connectivity index (χ4v) is 3.13.